The number of aliphatic hydroxyl groups excluding tert-OH is 1. The number of nitrogens with one attached hydrogen (secondary N) is 1. The summed E-state index contributed by atoms with van der Waals surface area (Å²) in [6, 6.07) is 7.56. The summed E-state index contributed by atoms with van der Waals surface area (Å²) in [5, 5.41) is 11.1. The zero-order valence-corrected chi connectivity index (χ0v) is 27.3. The summed E-state index contributed by atoms with van der Waals surface area (Å²) < 4.78 is 37.6. The van der Waals surface area contributed by atoms with Crippen LogP contribution in [-0.4, -0.2) is 78.0 Å². The van der Waals surface area contributed by atoms with Crippen molar-refractivity contribution in [3.63, 3.8) is 0 Å². The number of rotatable bonds is 11. The molecule has 1 saturated carbocycles. The second kappa shape index (κ2) is 13.5. The summed E-state index contributed by atoms with van der Waals surface area (Å²) >= 11 is 0. The minimum atomic E-state index is -3.60. The largest absolute Gasteiger partial charge is 0.485 e. The van der Waals surface area contributed by atoms with Crippen LogP contribution in [0, 0.1) is 0 Å². The van der Waals surface area contributed by atoms with Crippen molar-refractivity contribution in [1.29, 1.82) is 0 Å². The fourth-order valence-electron chi connectivity index (χ4n) is 5.95. The Morgan fingerprint density at radius 2 is 1.51 bits per heavy atom. The van der Waals surface area contributed by atoms with Gasteiger partial charge >= 0.3 is 5.69 Å². The minimum absolute atomic E-state index is 0.0145. The predicted octanol–water partition coefficient (Wildman–Crippen LogP) is 3.12. The molecule has 1 aliphatic carbocycles. The van der Waals surface area contributed by atoms with Gasteiger partial charge in [0.1, 0.15) is 23.3 Å². The Kier molecular flexibility index (Phi) is 10.5. The van der Waals surface area contributed by atoms with Crippen molar-refractivity contribution in [2.75, 3.05) is 37.6 Å². The molecular weight excluding hydrogens is 570 g/mol. The zero-order valence-electron chi connectivity index (χ0n) is 26.5. The number of hydrogen-bond acceptors (Lipinski definition) is 8. The average molecular weight is 620 g/mol. The quantitative estimate of drug-likeness (QED) is 0.393. The first-order valence-corrected chi connectivity index (χ1v) is 17.0. The molecule has 11 nitrogen and oxygen atoms in total. The van der Waals surface area contributed by atoms with Crippen LogP contribution in [0.4, 0.5) is 5.82 Å². The molecule has 0 bridgehead atoms. The maximum Gasteiger partial charge on any atom is 0.333 e. The molecule has 0 radical (unpaired) electrons. The second-order valence-corrected chi connectivity index (χ2v) is 14.7. The van der Waals surface area contributed by atoms with E-state index in [0.29, 0.717) is 44.3 Å². The highest BCUT2D eigenvalue weighted by molar-refractivity contribution is 7.89. The molecule has 1 aromatic heterocycles. The Morgan fingerprint density at radius 1 is 0.930 bits per heavy atom. The van der Waals surface area contributed by atoms with Crippen LogP contribution in [0.15, 0.2) is 44.8 Å². The van der Waals surface area contributed by atoms with Gasteiger partial charge in [-0.15, -0.1) is 0 Å². The first-order valence-electron chi connectivity index (χ1n) is 15.5. The highest BCUT2D eigenvalue weighted by Gasteiger charge is 2.33. The van der Waals surface area contributed by atoms with Crippen molar-refractivity contribution in [2.45, 2.75) is 108 Å². The van der Waals surface area contributed by atoms with Crippen LogP contribution in [-0.2, 0) is 10.0 Å². The van der Waals surface area contributed by atoms with Gasteiger partial charge in [-0.25, -0.2) is 17.9 Å². The Morgan fingerprint density at radius 3 is 2.07 bits per heavy atom. The topological polar surface area (TPSA) is 126 Å². The van der Waals surface area contributed by atoms with Crippen molar-refractivity contribution >= 4 is 15.8 Å². The van der Waals surface area contributed by atoms with Crippen molar-refractivity contribution < 1.29 is 18.3 Å². The summed E-state index contributed by atoms with van der Waals surface area (Å²) in [6.45, 7) is 14.1. The molecule has 12 heteroatoms. The van der Waals surface area contributed by atoms with Crippen LogP contribution in [0.25, 0.3) is 0 Å². The third-order valence-corrected chi connectivity index (χ3v) is 10.1. The van der Waals surface area contributed by atoms with E-state index < -0.39 is 21.7 Å². The van der Waals surface area contributed by atoms with Crippen molar-refractivity contribution in [3.05, 3.63) is 51.2 Å². The second-order valence-electron chi connectivity index (χ2n) is 13.0. The molecule has 1 unspecified atom stereocenters. The van der Waals surface area contributed by atoms with E-state index in [2.05, 4.69) is 14.5 Å². The van der Waals surface area contributed by atoms with E-state index in [9.17, 15) is 23.1 Å². The van der Waals surface area contributed by atoms with Crippen molar-refractivity contribution in [1.82, 2.24) is 18.8 Å². The fraction of sp³-hybridized carbons (Fsp3) is 0.677. The number of aliphatic hydroxyl groups is 1. The molecular formula is C31H49N5O6S. The zero-order chi connectivity index (χ0) is 31.5. The van der Waals surface area contributed by atoms with Crippen LogP contribution in [0.5, 0.6) is 5.75 Å². The van der Waals surface area contributed by atoms with E-state index in [-0.39, 0.29) is 34.3 Å². The Labute approximate surface area is 255 Å². The monoisotopic (exact) mass is 619 g/mol. The summed E-state index contributed by atoms with van der Waals surface area (Å²) in [4.78, 5) is 30.3. The number of nitrogens with zero attached hydrogens (tertiary/aromatic N) is 4. The minimum Gasteiger partial charge on any atom is -0.485 e. The summed E-state index contributed by atoms with van der Waals surface area (Å²) in [5.41, 5.74) is -1.53. The van der Waals surface area contributed by atoms with Crippen molar-refractivity contribution in [2.24, 2.45) is 0 Å². The summed E-state index contributed by atoms with van der Waals surface area (Å²) in [6.07, 6.45) is 4.15. The Bertz CT molecular complexity index is 1450. The van der Waals surface area contributed by atoms with E-state index in [4.69, 9.17) is 4.74 Å². The number of aromatic nitrogens is 2. The normalized spacial score (nSPS) is 18.4. The van der Waals surface area contributed by atoms with Crippen LogP contribution >= 0.6 is 0 Å². The maximum atomic E-state index is 13.2. The molecule has 240 valence electrons. The lowest BCUT2D eigenvalue weighted by Crippen LogP contribution is -2.54. The molecule has 0 spiro atoms. The number of benzene rings is 1. The molecule has 2 fully saturated rings. The van der Waals surface area contributed by atoms with Crippen LogP contribution in [0.1, 0.15) is 85.7 Å². The number of piperazine rings is 1. The lowest BCUT2D eigenvalue weighted by atomic mass is 9.96. The summed E-state index contributed by atoms with van der Waals surface area (Å²) in [7, 11) is -3.60. The van der Waals surface area contributed by atoms with E-state index in [1.165, 1.54) is 4.57 Å². The van der Waals surface area contributed by atoms with E-state index >= 15 is 0 Å². The average Bonchev–Trinajstić information content (AvgIpc) is 2.93. The molecule has 4 rings (SSSR count). The molecule has 2 N–H and O–H groups in total. The Balaban J connectivity index is 1.35. The van der Waals surface area contributed by atoms with E-state index in [1.54, 1.807) is 34.9 Å². The highest BCUT2D eigenvalue weighted by atomic mass is 32.2. The predicted molar refractivity (Wildman–Crippen MR) is 169 cm³/mol. The number of β-amino-alcohol motifs (C(OH)–C–C–N with tert-alkyl or cyclic N) is 1. The number of ether oxygens (including phenoxy) is 1. The van der Waals surface area contributed by atoms with Gasteiger partial charge in [0.25, 0.3) is 5.56 Å². The third kappa shape index (κ3) is 7.89. The van der Waals surface area contributed by atoms with Gasteiger partial charge in [0.05, 0.1) is 4.90 Å². The van der Waals surface area contributed by atoms with Gasteiger partial charge in [-0.1, -0.05) is 19.3 Å². The van der Waals surface area contributed by atoms with Gasteiger partial charge in [0, 0.05) is 56.9 Å². The van der Waals surface area contributed by atoms with Gasteiger partial charge in [0.15, 0.2) is 0 Å². The molecule has 1 aliphatic heterocycles. The third-order valence-electron chi connectivity index (χ3n) is 8.55. The van der Waals surface area contributed by atoms with Gasteiger partial charge in [-0.3, -0.25) is 18.8 Å². The van der Waals surface area contributed by atoms with Gasteiger partial charge in [-0.2, -0.15) is 0 Å². The smallest absolute Gasteiger partial charge is 0.333 e. The molecule has 1 atom stereocenters. The summed E-state index contributed by atoms with van der Waals surface area (Å²) in [5.74, 6) is 1.11. The number of sulfonamides is 1. The van der Waals surface area contributed by atoms with Gasteiger partial charge < -0.3 is 14.7 Å². The molecule has 2 aliphatic rings. The SMILES string of the molecule is CC(C)n1c(N2CCN(CC(O)C(C)(C)Oc3ccc(S(=O)(=O)NC4CCCCC4)cc3)CC2)cc(=O)n(C(C)C)c1=O. The van der Waals surface area contributed by atoms with Crippen LogP contribution in [0.2, 0.25) is 0 Å². The molecule has 43 heavy (non-hydrogen) atoms. The van der Waals surface area contributed by atoms with Crippen LogP contribution in [0.3, 0.4) is 0 Å². The number of anilines is 1. The molecule has 1 aromatic carbocycles. The molecule has 2 heterocycles. The van der Waals surface area contributed by atoms with Crippen LogP contribution < -0.4 is 25.6 Å². The molecule has 1 saturated heterocycles. The molecule has 0 amide bonds. The molecule has 2 aromatic rings. The number of hydrogen-bond donors (Lipinski definition) is 2. The fourth-order valence-corrected chi connectivity index (χ4v) is 7.26. The van der Waals surface area contributed by atoms with Crippen molar-refractivity contribution in [3.8, 4) is 5.75 Å². The standard InChI is InChI=1S/C31H49N5O6S/c1-22(2)35-28(20-29(38)36(23(3)4)30(35)39)34-18-16-33(17-19-34)21-27(37)31(5,6)42-25-12-14-26(15-13-25)43(40,41)32-24-10-8-7-9-11-24/h12-15,20,22-24,27,32,37H,7-11,16-19,21H2,1-6H3. The van der Waals surface area contributed by atoms with Gasteiger partial charge in [0.2, 0.25) is 10.0 Å². The lowest BCUT2D eigenvalue weighted by Gasteiger charge is -2.40. The highest BCUT2D eigenvalue weighted by Crippen LogP contribution is 2.26. The first-order chi connectivity index (χ1) is 20.2. The van der Waals surface area contributed by atoms with E-state index in [0.717, 1.165) is 32.1 Å². The maximum absolute atomic E-state index is 13.2. The first kappa shape index (κ1) is 33.2. The lowest BCUT2D eigenvalue weighted by molar-refractivity contribution is -0.0450. The van der Waals surface area contributed by atoms with Gasteiger partial charge in [-0.05, 0) is 78.6 Å². The Hall–Kier alpha value is -2.67. The van der Waals surface area contributed by atoms with E-state index in [1.807, 2.05) is 41.5 Å².